The first-order chi connectivity index (χ1) is 32.7. The monoisotopic (exact) mass is 958 g/mol. The van der Waals surface area contributed by atoms with E-state index in [2.05, 4.69) is 10.6 Å². The molecule has 5 amide bonds. The summed E-state index contributed by atoms with van der Waals surface area (Å²) in [6.45, 7) is 5.25. The van der Waals surface area contributed by atoms with Crippen molar-refractivity contribution in [3.8, 4) is 5.75 Å². The fourth-order valence-electron chi connectivity index (χ4n) is 10.9. The number of ketones is 2. The van der Waals surface area contributed by atoms with Crippen LogP contribution in [0.15, 0.2) is 78.4 Å². The number of likely N-dealkylation sites (N-methyl/N-ethyl adjacent to an activating group) is 1. The van der Waals surface area contributed by atoms with Crippen molar-refractivity contribution in [1.29, 1.82) is 0 Å². The van der Waals surface area contributed by atoms with Crippen LogP contribution in [0, 0.1) is 17.3 Å². The minimum atomic E-state index is -2.30. The van der Waals surface area contributed by atoms with E-state index < -0.39 is 113 Å². The third kappa shape index (κ3) is 9.55. The Hall–Kier alpha value is -5.95. The van der Waals surface area contributed by atoms with Crippen LogP contribution < -0.4 is 20.3 Å². The quantitative estimate of drug-likeness (QED) is 0.166. The highest BCUT2D eigenvalue weighted by Gasteiger charge is 2.67. The number of ether oxygens (including phenoxy) is 3. The smallest absolute Gasteiger partial charge is 0.253 e. The number of fused-ring (bicyclic) bond motifs is 3. The lowest BCUT2D eigenvalue weighted by atomic mass is 9.48. The van der Waals surface area contributed by atoms with Gasteiger partial charge in [0.25, 0.3) is 11.8 Å². The molecule has 69 heavy (non-hydrogen) atoms. The van der Waals surface area contributed by atoms with Gasteiger partial charge in [-0.15, -0.1) is 0 Å². The number of alkyl halides is 2. The average molecular weight is 959 g/mol. The summed E-state index contributed by atoms with van der Waals surface area (Å²) in [5.74, 6) is -4.84. The minimum Gasteiger partial charge on any atom is -0.495 e. The number of halogens is 2. The summed E-state index contributed by atoms with van der Waals surface area (Å²) in [5.41, 5.74) is -2.70. The number of amides is 5. The van der Waals surface area contributed by atoms with Gasteiger partial charge in [-0.1, -0.05) is 43.3 Å². The van der Waals surface area contributed by atoms with Crippen LogP contribution in [0.3, 0.4) is 0 Å². The van der Waals surface area contributed by atoms with Gasteiger partial charge in [0, 0.05) is 49.1 Å². The molecule has 370 valence electrons. The van der Waals surface area contributed by atoms with Crippen LogP contribution in [0.4, 0.5) is 14.5 Å². The Morgan fingerprint density at radius 1 is 0.986 bits per heavy atom. The van der Waals surface area contributed by atoms with Crippen molar-refractivity contribution in [1.82, 2.24) is 15.5 Å². The number of aliphatic hydroxyl groups excluding tert-OH is 2. The molecular formula is C51H60F2N4O12. The van der Waals surface area contributed by atoms with Crippen LogP contribution in [-0.4, -0.2) is 125 Å². The first kappa shape index (κ1) is 50.9. The second-order valence-electron chi connectivity index (χ2n) is 18.9. The molecule has 0 radical (unpaired) electrons. The number of Topliss-reactive ketones (excluding diaryl/α,β-unsaturated/α-hetero) is 1. The van der Waals surface area contributed by atoms with Gasteiger partial charge < -0.3 is 40.0 Å². The third-order valence-electron chi connectivity index (χ3n) is 14.8. The zero-order valence-electron chi connectivity index (χ0n) is 39.5. The van der Waals surface area contributed by atoms with Crippen LogP contribution in [-0.2, 0) is 49.5 Å². The van der Waals surface area contributed by atoms with Gasteiger partial charge in [0.1, 0.15) is 30.6 Å². The molecule has 1 saturated heterocycles. The maximum absolute atomic E-state index is 17.6. The van der Waals surface area contributed by atoms with Crippen molar-refractivity contribution in [2.75, 3.05) is 32.2 Å². The standard InChI is InChI=1S/C51H60F2N4O12/c1-7-50(41(61)27-58)42(24-33-13-15-40(60)51(53)35(33)26-37(52)36-25-34(59)18-20-49(36,51)4)68-48(69-50)32-11-8-30(9-12-32)22-31-10-14-38(39(23-31)67-6)56(5)47(66)29(3)55-46(65)28(2)54-43(62)19-21-57-44(63)16-17-45(57)64/h8-12,14,16-18,20,23,25,28-29,33,35,37,40,42,48,58,60H,7,13,15,19,21-22,24,26-27H2,1-6H3,(H,54,62)(H,55,65)/t28-,29-,33-,35-,37-,40-,42+,48+,49-,50?,51-/m0/s1. The first-order valence-corrected chi connectivity index (χ1v) is 23.3. The van der Waals surface area contributed by atoms with Crippen LogP contribution in [0.2, 0.25) is 0 Å². The molecule has 5 aliphatic rings. The number of aliphatic hydroxyl groups is 2. The highest BCUT2D eigenvalue weighted by atomic mass is 19.1. The lowest BCUT2D eigenvalue weighted by Crippen LogP contribution is -2.65. The van der Waals surface area contributed by atoms with Crippen LogP contribution in [0.25, 0.3) is 0 Å². The number of nitrogens with zero attached hydrogens (tertiary/aromatic N) is 2. The number of anilines is 1. The molecule has 2 heterocycles. The molecule has 16 nitrogen and oxygen atoms in total. The van der Waals surface area contributed by atoms with E-state index >= 15 is 8.78 Å². The molecule has 2 aromatic carbocycles. The van der Waals surface area contributed by atoms with Gasteiger partial charge in [0.15, 0.2) is 29.1 Å². The lowest BCUT2D eigenvalue weighted by Gasteiger charge is -2.59. The first-order valence-electron chi connectivity index (χ1n) is 23.3. The van der Waals surface area contributed by atoms with Crippen LogP contribution >= 0.6 is 0 Å². The SMILES string of the molecule is CCC1(C(=O)CO)O[C@H](c2ccc(Cc3ccc(N(C)C(=O)[C@H](C)NC(=O)[C@H](C)NC(=O)CCN4C(=O)C=CC4=O)c(OC)c3)cc2)O[C@@H]1C[C@@H]1CC[C@H](O)[C@@]2(F)[C@H]1C[C@H](F)C1=CC(=O)C=C[C@@]12C. The topological polar surface area (TPSA) is 218 Å². The summed E-state index contributed by atoms with van der Waals surface area (Å²) in [6.07, 6.45) is 1.59. The number of hydrogen-bond donors (Lipinski definition) is 4. The van der Waals surface area contributed by atoms with Crippen LogP contribution in [0.5, 0.6) is 5.75 Å². The van der Waals surface area contributed by atoms with Gasteiger partial charge in [-0.05, 0) is 106 Å². The van der Waals surface area contributed by atoms with Gasteiger partial charge in [0.2, 0.25) is 17.7 Å². The Balaban J connectivity index is 0.983. The average Bonchev–Trinajstić information content (AvgIpc) is 3.87. The summed E-state index contributed by atoms with van der Waals surface area (Å²) in [6, 6.07) is 10.6. The predicted molar refractivity (Wildman–Crippen MR) is 246 cm³/mol. The van der Waals surface area contributed by atoms with Gasteiger partial charge >= 0.3 is 0 Å². The molecule has 0 bridgehead atoms. The normalized spacial score (nSPS) is 30.3. The molecule has 18 heteroatoms. The summed E-state index contributed by atoms with van der Waals surface area (Å²) >= 11 is 0. The number of benzene rings is 2. The van der Waals surface area contributed by atoms with Gasteiger partial charge in [-0.25, -0.2) is 8.78 Å². The Labute approximate surface area is 399 Å². The number of methoxy groups -OCH3 is 1. The Morgan fingerprint density at radius 2 is 1.67 bits per heavy atom. The molecule has 0 aromatic heterocycles. The van der Waals surface area contributed by atoms with E-state index in [1.807, 2.05) is 18.2 Å². The second-order valence-corrected chi connectivity index (χ2v) is 18.9. The molecule has 1 unspecified atom stereocenters. The van der Waals surface area contributed by atoms with Gasteiger partial charge in [-0.3, -0.25) is 38.5 Å². The number of carbonyl (C=O) groups is 7. The number of nitrogens with one attached hydrogen (secondary N) is 2. The molecule has 4 N–H and O–H groups in total. The molecule has 3 aliphatic carbocycles. The number of rotatable bonds is 17. The Kier molecular flexibility index (Phi) is 14.9. The second kappa shape index (κ2) is 20.2. The molecular weight excluding hydrogens is 899 g/mol. The minimum absolute atomic E-state index is 0.0181. The maximum Gasteiger partial charge on any atom is 0.253 e. The summed E-state index contributed by atoms with van der Waals surface area (Å²) in [5, 5.41) is 26.5. The third-order valence-corrected chi connectivity index (χ3v) is 14.8. The molecule has 2 aliphatic heterocycles. The van der Waals surface area contributed by atoms with Crippen molar-refractivity contribution >= 4 is 46.8 Å². The van der Waals surface area contributed by atoms with E-state index in [4.69, 9.17) is 14.2 Å². The van der Waals surface area contributed by atoms with Crippen molar-refractivity contribution in [2.24, 2.45) is 17.3 Å². The van der Waals surface area contributed by atoms with E-state index in [0.717, 1.165) is 34.3 Å². The fraction of sp³-hybridized carbons (Fsp3) is 0.510. The van der Waals surface area contributed by atoms with E-state index in [1.165, 1.54) is 52.0 Å². The largest absolute Gasteiger partial charge is 0.495 e. The van der Waals surface area contributed by atoms with Crippen LogP contribution in [0.1, 0.15) is 89.2 Å². The zero-order valence-corrected chi connectivity index (χ0v) is 39.5. The molecule has 3 fully saturated rings. The Morgan fingerprint density at radius 3 is 2.32 bits per heavy atom. The maximum atomic E-state index is 17.6. The van der Waals surface area contributed by atoms with E-state index in [9.17, 15) is 43.8 Å². The van der Waals surface area contributed by atoms with Crippen molar-refractivity contribution in [3.05, 3.63) is 95.1 Å². The molecule has 11 atom stereocenters. The number of imide groups is 1. The Bertz CT molecular complexity index is 2460. The molecule has 7 rings (SSSR count). The highest BCUT2D eigenvalue weighted by Crippen LogP contribution is 2.63. The summed E-state index contributed by atoms with van der Waals surface area (Å²) < 4.78 is 52.2. The molecule has 2 aromatic rings. The van der Waals surface area contributed by atoms with E-state index in [0.29, 0.717) is 29.8 Å². The predicted octanol–water partition coefficient (Wildman–Crippen LogP) is 4.00. The van der Waals surface area contributed by atoms with Gasteiger partial charge in [0.05, 0.1) is 25.0 Å². The lowest BCUT2D eigenvalue weighted by molar-refractivity contribution is -0.173. The fourth-order valence-corrected chi connectivity index (χ4v) is 10.9. The number of hydrogen-bond acceptors (Lipinski definition) is 12. The highest BCUT2D eigenvalue weighted by molar-refractivity contribution is 6.13. The van der Waals surface area contributed by atoms with Crippen molar-refractivity contribution in [3.63, 3.8) is 0 Å². The zero-order chi connectivity index (χ0) is 50.2. The molecule has 2 saturated carbocycles. The summed E-state index contributed by atoms with van der Waals surface area (Å²) in [4.78, 5) is 90.4. The van der Waals surface area contributed by atoms with Crippen molar-refractivity contribution < 1.29 is 66.8 Å². The summed E-state index contributed by atoms with van der Waals surface area (Å²) in [7, 11) is 3.00. The van der Waals surface area contributed by atoms with E-state index in [1.54, 1.807) is 31.2 Å². The van der Waals surface area contributed by atoms with Gasteiger partial charge in [-0.2, -0.15) is 0 Å². The van der Waals surface area contributed by atoms with Crippen molar-refractivity contribution in [2.45, 2.75) is 121 Å². The number of allylic oxidation sites excluding steroid dienone is 4. The number of carbonyl (C=O) groups excluding carboxylic acids is 7. The van der Waals surface area contributed by atoms with E-state index in [-0.39, 0.29) is 44.2 Å². The molecule has 0 spiro atoms.